The number of aldehydes is 1. The molecule has 2 rings (SSSR count). The highest BCUT2D eigenvalue weighted by atomic mass is 32.2. The summed E-state index contributed by atoms with van der Waals surface area (Å²) in [6.07, 6.45) is 3.18. The number of aromatic nitrogens is 2. The quantitative estimate of drug-likeness (QED) is 0.568. The van der Waals surface area contributed by atoms with E-state index in [1.807, 2.05) is 32.2 Å². The third-order valence-corrected chi connectivity index (χ3v) is 3.68. The van der Waals surface area contributed by atoms with Gasteiger partial charge in [-0.15, -0.1) is 11.8 Å². The van der Waals surface area contributed by atoms with Gasteiger partial charge in [0, 0.05) is 31.9 Å². The van der Waals surface area contributed by atoms with Crippen LogP contribution in [0.5, 0.6) is 5.75 Å². The number of hydrogen-bond donors (Lipinski definition) is 1. The Hall–Kier alpha value is -2.35. The van der Waals surface area contributed by atoms with Crippen molar-refractivity contribution in [1.29, 1.82) is 0 Å². The summed E-state index contributed by atoms with van der Waals surface area (Å²) in [6.45, 7) is 1.95. The first-order valence-corrected chi connectivity index (χ1v) is 9.10. The van der Waals surface area contributed by atoms with E-state index in [0.717, 1.165) is 5.69 Å². The second-order valence-electron chi connectivity index (χ2n) is 5.45. The first kappa shape index (κ1) is 19.0. The van der Waals surface area contributed by atoms with Crippen molar-refractivity contribution in [2.24, 2.45) is 0 Å². The van der Waals surface area contributed by atoms with Gasteiger partial charge in [-0.3, -0.25) is 4.79 Å². The molecule has 1 aromatic heterocycles. The number of benzene rings is 1. The van der Waals surface area contributed by atoms with E-state index in [1.165, 1.54) is 23.9 Å². The lowest BCUT2D eigenvalue weighted by Gasteiger charge is -2.18. The predicted octanol–water partition coefficient (Wildman–Crippen LogP) is 3.50. The lowest BCUT2D eigenvalue weighted by Crippen LogP contribution is -2.17. The van der Waals surface area contributed by atoms with E-state index < -0.39 is 5.82 Å². The van der Waals surface area contributed by atoms with Gasteiger partial charge >= 0.3 is 0 Å². The SMILES string of the molecule is CCc1nc(C=O)c(Nc2cc(F)cc(OCSC)c2)nc1N(C)C. The van der Waals surface area contributed by atoms with E-state index in [2.05, 4.69) is 15.3 Å². The van der Waals surface area contributed by atoms with Gasteiger partial charge in [0.05, 0.1) is 5.69 Å². The topological polar surface area (TPSA) is 67.3 Å². The number of nitrogens with zero attached hydrogens (tertiary/aromatic N) is 3. The molecule has 0 aliphatic carbocycles. The van der Waals surface area contributed by atoms with Crippen molar-refractivity contribution >= 4 is 35.4 Å². The summed E-state index contributed by atoms with van der Waals surface area (Å²) < 4.78 is 19.3. The van der Waals surface area contributed by atoms with E-state index in [0.29, 0.717) is 35.9 Å². The fourth-order valence-electron chi connectivity index (χ4n) is 2.23. The molecule has 0 aliphatic heterocycles. The highest BCUT2D eigenvalue weighted by Gasteiger charge is 2.15. The van der Waals surface area contributed by atoms with Crippen molar-refractivity contribution in [3.63, 3.8) is 0 Å². The molecule has 0 aliphatic rings. The number of thioether (sulfide) groups is 1. The van der Waals surface area contributed by atoms with Gasteiger partial charge in [0.15, 0.2) is 17.9 Å². The van der Waals surface area contributed by atoms with Gasteiger partial charge in [0.2, 0.25) is 0 Å². The molecule has 1 aromatic carbocycles. The van der Waals surface area contributed by atoms with Gasteiger partial charge < -0.3 is 15.0 Å². The summed E-state index contributed by atoms with van der Waals surface area (Å²) in [4.78, 5) is 22.1. The number of hydrogen-bond acceptors (Lipinski definition) is 7. The van der Waals surface area contributed by atoms with Gasteiger partial charge in [0.25, 0.3) is 0 Å². The second kappa shape index (κ2) is 8.66. The molecule has 0 spiro atoms. The number of anilines is 3. The van der Waals surface area contributed by atoms with Crippen LogP contribution in [0.4, 0.5) is 21.7 Å². The molecule has 0 atom stereocenters. The van der Waals surface area contributed by atoms with Crippen molar-refractivity contribution in [3.8, 4) is 5.75 Å². The highest BCUT2D eigenvalue weighted by Crippen LogP contribution is 2.26. The molecule has 0 radical (unpaired) electrons. The van der Waals surface area contributed by atoms with Crippen molar-refractivity contribution < 1.29 is 13.9 Å². The minimum atomic E-state index is -0.445. The Labute approximate surface area is 150 Å². The molecule has 0 saturated carbocycles. The zero-order valence-corrected chi connectivity index (χ0v) is 15.5. The Morgan fingerprint density at radius 3 is 2.68 bits per heavy atom. The monoisotopic (exact) mass is 364 g/mol. The van der Waals surface area contributed by atoms with Crippen LogP contribution in [0.15, 0.2) is 18.2 Å². The largest absolute Gasteiger partial charge is 0.483 e. The first-order valence-electron chi connectivity index (χ1n) is 7.71. The van der Waals surface area contributed by atoms with Crippen LogP contribution in [0, 0.1) is 5.82 Å². The molecule has 0 amide bonds. The molecule has 1 heterocycles. The maximum absolute atomic E-state index is 13.8. The van der Waals surface area contributed by atoms with Gasteiger partial charge in [-0.25, -0.2) is 14.4 Å². The summed E-state index contributed by atoms with van der Waals surface area (Å²) in [5, 5.41) is 2.97. The van der Waals surface area contributed by atoms with Crippen LogP contribution in [0.2, 0.25) is 0 Å². The van der Waals surface area contributed by atoms with Gasteiger partial charge in [0.1, 0.15) is 23.2 Å². The Bertz CT molecular complexity index is 756. The van der Waals surface area contributed by atoms with Gasteiger partial charge in [-0.05, 0) is 18.7 Å². The van der Waals surface area contributed by atoms with Crippen LogP contribution in [-0.2, 0) is 6.42 Å². The predicted molar refractivity (Wildman–Crippen MR) is 99.8 cm³/mol. The van der Waals surface area contributed by atoms with Crippen LogP contribution in [-0.4, -0.2) is 42.5 Å². The third-order valence-electron chi connectivity index (χ3n) is 3.32. The molecule has 8 heteroatoms. The molecule has 0 fully saturated rings. The number of carbonyl (C=O) groups excluding carboxylic acids is 1. The highest BCUT2D eigenvalue weighted by molar-refractivity contribution is 7.98. The van der Waals surface area contributed by atoms with Crippen LogP contribution in [0.25, 0.3) is 0 Å². The normalized spacial score (nSPS) is 10.4. The molecule has 6 nitrogen and oxygen atoms in total. The summed E-state index contributed by atoms with van der Waals surface area (Å²) in [5.74, 6) is 1.30. The lowest BCUT2D eigenvalue weighted by molar-refractivity contribution is 0.111. The Morgan fingerprint density at radius 2 is 2.08 bits per heavy atom. The zero-order valence-electron chi connectivity index (χ0n) is 14.7. The first-order chi connectivity index (χ1) is 12.0. The molecule has 0 saturated heterocycles. The lowest BCUT2D eigenvalue weighted by atomic mass is 10.2. The van der Waals surface area contributed by atoms with Crippen molar-refractivity contribution in [1.82, 2.24) is 9.97 Å². The average Bonchev–Trinajstić information content (AvgIpc) is 2.59. The number of ether oxygens (including phenoxy) is 1. The van der Waals surface area contributed by atoms with Crippen molar-refractivity contribution in [3.05, 3.63) is 35.4 Å². The van der Waals surface area contributed by atoms with Crippen molar-refractivity contribution in [2.45, 2.75) is 13.3 Å². The summed E-state index contributed by atoms with van der Waals surface area (Å²) in [5.41, 5.74) is 1.33. The fourth-order valence-corrected chi connectivity index (χ4v) is 2.48. The molecule has 0 bridgehead atoms. The number of aryl methyl sites for hydroxylation is 1. The van der Waals surface area contributed by atoms with E-state index in [1.54, 1.807) is 6.07 Å². The smallest absolute Gasteiger partial charge is 0.172 e. The molecule has 1 N–H and O–H groups in total. The maximum atomic E-state index is 13.8. The average molecular weight is 364 g/mol. The Balaban J connectivity index is 2.40. The molecule has 134 valence electrons. The molecule has 0 unspecified atom stereocenters. The summed E-state index contributed by atoms with van der Waals surface area (Å²) in [7, 11) is 3.70. The van der Waals surface area contributed by atoms with Crippen LogP contribution < -0.4 is 15.0 Å². The van der Waals surface area contributed by atoms with Crippen LogP contribution >= 0.6 is 11.8 Å². The van der Waals surface area contributed by atoms with E-state index in [4.69, 9.17) is 4.74 Å². The minimum Gasteiger partial charge on any atom is -0.483 e. The van der Waals surface area contributed by atoms with E-state index in [-0.39, 0.29) is 11.5 Å². The standard InChI is InChI=1S/C17H21FN4O2S/c1-5-14-17(22(2)3)21-16(15(9-23)20-14)19-12-6-11(18)7-13(8-12)24-10-25-4/h6-9H,5,10H2,1-4H3,(H,19,21). The molecule has 25 heavy (non-hydrogen) atoms. The molecule has 2 aromatic rings. The number of carbonyl (C=O) groups is 1. The minimum absolute atomic E-state index is 0.179. The van der Waals surface area contributed by atoms with E-state index in [9.17, 15) is 9.18 Å². The van der Waals surface area contributed by atoms with Gasteiger partial charge in [-0.1, -0.05) is 6.92 Å². The van der Waals surface area contributed by atoms with Crippen LogP contribution in [0.3, 0.4) is 0 Å². The Morgan fingerprint density at radius 1 is 1.32 bits per heavy atom. The molecular formula is C17H21FN4O2S. The van der Waals surface area contributed by atoms with E-state index >= 15 is 0 Å². The molecular weight excluding hydrogens is 343 g/mol. The van der Waals surface area contributed by atoms with Gasteiger partial charge in [-0.2, -0.15) is 0 Å². The number of rotatable bonds is 8. The fraction of sp³-hybridized carbons (Fsp3) is 0.353. The number of nitrogens with one attached hydrogen (secondary N) is 1. The zero-order chi connectivity index (χ0) is 18.4. The van der Waals surface area contributed by atoms with Crippen molar-refractivity contribution in [2.75, 3.05) is 36.5 Å². The number of halogens is 1. The Kier molecular flexibility index (Phi) is 6.58. The summed E-state index contributed by atoms with van der Waals surface area (Å²) in [6, 6.07) is 4.27. The summed E-state index contributed by atoms with van der Waals surface area (Å²) >= 11 is 1.49. The maximum Gasteiger partial charge on any atom is 0.172 e. The third kappa shape index (κ3) is 4.82. The van der Waals surface area contributed by atoms with Crippen LogP contribution in [0.1, 0.15) is 23.1 Å². The second-order valence-corrected chi connectivity index (χ2v) is 6.26.